The van der Waals surface area contributed by atoms with Gasteiger partial charge in [0.05, 0.1) is 6.61 Å². The van der Waals surface area contributed by atoms with Gasteiger partial charge in [0.2, 0.25) is 0 Å². The van der Waals surface area contributed by atoms with Gasteiger partial charge >= 0.3 is 0 Å². The van der Waals surface area contributed by atoms with E-state index in [1.54, 1.807) is 0 Å². The average Bonchev–Trinajstić information content (AvgIpc) is 2.03. The third-order valence-corrected chi connectivity index (χ3v) is 2.35. The Morgan fingerprint density at radius 3 is 2.83 bits per heavy atom. The molecule has 0 unspecified atom stereocenters. The van der Waals surface area contributed by atoms with Crippen molar-refractivity contribution in [2.75, 3.05) is 6.61 Å². The Morgan fingerprint density at radius 1 is 1.50 bits per heavy atom. The van der Waals surface area contributed by atoms with Gasteiger partial charge in [0.15, 0.2) is 0 Å². The van der Waals surface area contributed by atoms with E-state index in [1.807, 2.05) is 18.2 Å². The molecule has 1 aromatic carbocycles. The van der Waals surface area contributed by atoms with E-state index in [0.29, 0.717) is 6.61 Å². The quantitative estimate of drug-likeness (QED) is 0.837. The van der Waals surface area contributed by atoms with Crippen molar-refractivity contribution in [3.8, 4) is 0 Å². The molecule has 0 atom stereocenters. The maximum Gasteiger partial charge on any atom is 0.0720 e. The molecule has 0 aliphatic carbocycles. The molecular weight excluding hydrogens is 241 g/mol. The Labute approximate surface area is 84.7 Å². The highest BCUT2D eigenvalue weighted by molar-refractivity contribution is 9.10. The van der Waals surface area contributed by atoms with E-state index in [0.717, 1.165) is 21.5 Å². The van der Waals surface area contributed by atoms with Crippen molar-refractivity contribution in [1.82, 2.24) is 0 Å². The molecule has 0 spiro atoms. The fraction of sp³-hybridized carbons (Fsp3) is 0.250. The normalized spacial score (nSPS) is 10.2. The van der Waals surface area contributed by atoms with Crippen LogP contribution in [0.2, 0.25) is 5.02 Å². The van der Waals surface area contributed by atoms with Crippen LogP contribution in [-0.4, -0.2) is 6.61 Å². The van der Waals surface area contributed by atoms with Crippen LogP contribution in [0, 0.1) is 0 Å². The largest absolute Gasteiger partial charge is 0.304 e. The summed E-state index contributed by atoms with van der Waals surface area (Å²) in [5.41, 5.74) is 1.05. The predicted octanol–water partition coefficient (Wildman–Crippen LogP) is 2.54. The molecule has 0 heterocycles. The molecule has 4 heteroatoms. The molecule has 12 heavy (non-hydrogen) atoms. The van der Waals surface area contributed by atoms with Crippen LogP contribution >= 0.6 is 27.5 Å². The van der Waals surface area contributed by atoms with Gasteiger partial charge in [-0.3, -0.25) is 0 Å². The van der Waals surface area contributed by atoms with Crippen molar-refractivity contribution in [2.45, 2.75) is 6.42 Å². The van der Waals surface area contributed by atoms with Crippen molar-refractivity contribution in [3.63, 3.8) is 0 Å². The molecule has 0 fully saturated rings. The van der Waals surface area contributed by atoms with Gasteiger partial charge in [-0.1, -0.05) is 33.6 Å². The van der Waals surface area contributed by atoms with Gasteiger partial charge in [0.1, 0.15) is 0 Å². The summed E-state index contributed by atoms with van der Waals surface area (Å²) in [6.07, 6.45) is 0.739. The van der Waals surface area contributed by atoms with Gasteiger partial charge in [0, 0.05) is 9.50 Å². The SMILES string of the molecule is NOCCc1ccc(Br)cc1Cl. The van der Waals surface area contributed by atoms with Gasteiger partial charge in [-0.25, -0.2) is 5.90 Å². The third-order valence-electron chi connectivity index (χ3n) is 1.50. The van der Waals surface area contributed by atoms with E-state index in [4.69, 9.17) is 17.5 Å². The number of hydrogen-bond acceptors (Lipinski definition) is 2. The van der Waals surface area contributed by atoms with Crippen molar-refractivity contribution in [1.29, 1.82) is 0 Å². The number of nitrogens with two attached hydrogens (primary N) is 1. The molecule has 66 valence electrons. The predicted molar refractivity (Wildman–Crippen MR) is 53.0 cm³/mol. The average molecular weight is 251 g/mol. The lowest BCUT2D eigenvalue weighted by molar-refractivity contribution is 0.141. The molecule has 0 saturated heterocycles. The van der Waals surface area contributed by atoms with Crippen LogP contribution in [0.15, 0.2) is 22.7 Å². The van der Waals surface area contributed by atoms with Crippen LogP contribution in [0.4, 0.5) is 0 Å². The highest BCUT2D eigenvalue weighted by Crippen LogP contribution is 2.21. The maximum absolute atomic E-state index is 5.94. The van der Waals surface area contributed by atoms with Crippen LogP contribution in [0.25, 0.3) is 0 Å². The molecule has 1 aromatic rings. The summed E-state index contributed by atoms with van der Waals surface area (Å²) in [5, 5.41) is 0.737. The van der Waals surface area contributed by atoms with Crippen LogP contribution in [0.5, 0.6) is 0 Å². The summed E-state index contributed by atoms with van der Waals surface area (Å²) in [5.74, 6) is 4.90. The topological polar surface area (TPSA) is 35.2 Å². The minimum atomic E-state index is 0.487. The van der Waals surface area contributed by atoms with Gasteiger partial charge in [-0.15, -0.1) is 0 Å². The molecule has 2 N–H and O–H groups in total. The van der Waals surface area contributed by atoms with Gasteiger partial charge < -0.3 is 4.84 Å². The second-order valence-corrected chi connectivity index (χ2v) is 3.68. The summed E-state index contributed by atoms with van der Waals surface area (Å²) in [6.45, 7) is 0.487. The molecule has 0 amide bonds. The molecule has 0 bridgehead atoms. The Hall–Kier alpha value is -0.0900. The summed E-state index contributed by atoms with van der Waals surface area (Å²) in [6, 6.07) is 5.75. The molecule has 0 aliphatic heterocycles. The smallest absolute Gasteiger partial charge is 0.0720 e. The lowest BCUT2D eigenvalue weighted by Gasteiger charge is -2.02. The Bertz CT molecular complexity index is 267. The van der Waals surface area contributed by atoms with Crippen LogP contribution < -0.4 is 5.90 Å². The van der Waals surface area contributed by atoms with Crippen LogP contribution in [-0.2, 0) is 11.3 Å². The molecule has 0 aliphatic rings. The fourth-order valence-corrected chi connectivity index (χ4v) is 1.66. The lowest BCUT2D eigenvalue weighted by Crippen LogP contribution is -2.03. The van der Waals surface area contributed by atoms with Gasteiger partial charge in [-0.2, -0.15) is 0 Å². The zero-order valence-corrected chi connectivity index (χ0v) is 8.73. The van der Waals surface area contributed by atoms with E-state index < -0.39 is 0 Å². The Morgan fingerprint density at radius 2 is 2.25 bits per heavy atom. The highest BCUT2D eigenvalue weighted by atomic mass is 79.9. The molecule has 2 nitrogen and oxygen atoms in total. The van der Waals surface area contributed by atoms with Crippen molar-refractivity contribution >= 4 is 27.5 Å². The number of benzene rings is 1. The standard InChI is InChI=1S/C8H9BrClNO/c9-7-2-1-6(3-4-12-11)8(10)5-7/h1-2,5H,3-4,11H2. The van der Waals surface area contributed by atoms with E-state index in [2.05, 4.69) is 20.8 Å². The van der Waals surface area contributed by atoms with E-state index >= 15 is 0 Å². The first kappa shape index (κ1) is 9.99. The summed E-state index contributed by atoms with van der Waals surface area (Å²) >= 11 is 9.26. The maximum atomic E-state index is 5.94. The van der Waals surface area contributed by atoms with Crippen molar-refractivity contribution < 1.29 is 4.84 Å². The summed E-state index contributed by atoms with van der Waals surface area (Å²) < 4.78 is 0.977. The first-order valence-corrected chi connectivity index (χ1v) is 4.66. The molecule has 0 radical (unpaired) electrons. The van der Waals surface area contributed by atoms with Crippen molar-refractivity contribution in [2.24, 2.45) is 5.90 Å². The number of hydrogen-bond donors (Lipinski definition) is 1. The molecule has 0 aromatic heterocycles. The zero-order chi connectivity index (χ0) is 8.97. The van der Waals surface area contributed by atoms with Gasteiger partial charge in [0.25, 0.3) is 0 Å². The molecule has 1 rings (SSSR count). The lowest BCUT2D eigenvalue weighted by atomic mass is 10.2. The summed E-state index contributed by atoms with van der Waals surface area (Å²) in [7, 11) is 0. The fourth-order valence-electron chi connectivity index (χ4n) is 0.893. The summed E-state index contributed by atoms with van der Waals surface area (Å²) in [4.78, 5) is 4.46. The molecule has 0 saturated carbocycles. The molecular formula is C8H9BrClNO. The minimum absolute atomic E-state index is 0.487. The van der Waals surface area contributed by atoms with E-state index in [-0.39, 0.29) is 0 Å². The number of rotatable bonds is 3. The van der Waals surface area contributed by atoms with Crippen molar-refractivity contribution in [3.05, 3.63) is 33.3 Å². The first-order valence-electron chi connectivity index (χ1n) is 3.49. The highest BCUT2D eigenvalue weighted by Gasteiger charge is 1.99. The zero-order valence-electron chi connectivity index (χ0n) is 6.39. The second-order valence-electron chi connectivity index (χ2n) is 2.36. The van der Waals surface area contributed by atoms with E-state index in [9.17, 15) is 0 Å². The first-order chi connectivity index (χ1) is 5.74. The monoisotopic (exact) mass is 249 g/mol. The Kier molecular flexibility index (Phi) is 4.01. The van der Waals surface area contributed by atoms with E-state index in [1.165, 1.54) is 0 Å². The van der Waals surface area contributed by atoms with Gasteiger partial charge in [-0.05, 0) is 24.1 Å². The Balaban J connectivity index is 2.72. The second kappa shape index (κ2) is 4.82. The van der Waals surface area contributed by atoms with Crippen LogP contribution in [0.1, 0.15) is 5.56 Å². The minimum Gasteiger partial charge on any atom is -0.304 e. The van der Waals surface area contributed by atoms with Crippen LogP contribution in [0.3, 0.4) is 0 Å². The third kappa shape index (κ3) is 2.75. The number of halogens is 2.